The van der Waals surface area contributed by atoms with Gasteiger partial charge in [0.25, 0.3) is 0 Å². The lowest BCUT2D eigenvalue weighted by atomic mass is 9.80. The minimum absolute atomic E-state index is 0.0889. The molecule has 0 fully saturated rings. The summed E-state index contributed by atoms with van der Waals surface area (Å²) in [5.74, 6) is 0. The molecule has 0 aromatic heterocycles. The van der Waals surface area contributed by atoms with Gasteiger partial charge >= 0.3 is 0 Å². The SMILES string of the molecule is CC1(C)c2ccccc2-c2ccc(-c3c4ccccc4c(-c4cc(-c5ccccc5)cc(-c5ccccc5)c4)c4ccc(-c5ccccc5)cc34)cc21. The van der Waals surface area contributed by atoms with Crippen molar-refractivity contribution in [1.82, 2.24) is 0 Å². The summed E-state index contributed by atoms with van der Waals surface area (Å²) < 4.78 is 0. The van der Waals surface area contributed by atoms with Crippen LogP contribution in [0.2, 0.25) is 0 Å². The van der Waals surface area contributed by atoms with E-state index >= 15 is 0 Å². The standard InChI is InChI=1S/C53H38/c1-53(2)49-25-15-14-22-43(49)44-28-27-39(34-50(44)53)51-45-23-12-13-24-46(45)52(47-29-26-38(33-48(47)51)35-16-6-3-7-17-35)42-31-40(36-18-8-4-9-19-36)30-41(32-42)37-20-10-5-11-21-37/h3-34H,1-2H3. The van der Waals surface area contributed by atoms with E-state index < -0.39 is 0 Å². The minimum atomic E-state index is -0.0889. The first-order chi connectivity index (χ1) is 26.0. The third kappa shape index (κ3) is 5.13. The highest BCUT2D eigenvalue weighted by Crippen LogP contribution is 2.52. The van der Waals surface area contributed by atoms with Gasteiger partial charge in [0.1, 0.15) is 0 Å². The van der Waals surface area contributed by atoms with Crippen molar-refractivity contribution >= 4 is 21.5 Å². The molecule has 0 heteroatoms. The summed E-state index contributed by atoms with van der Waals surface area (Å²) in [6.45, 7) is 4.75. The summed E-state index contributed by atoms with van der Waals surface area (Å²) >= 11 is 0. The first-order valence-corrected chi connectivity index (χ1v) is 18.6. The fraction of sp³-hybridized carbons (Fsp3) is 0.0566. The topological polar surface area (TPSA) is 0 Å². The van der Waals surface area contributed by atoms with Crippen LogP contribution >= 0.6 is 0 Å². The second kappa shape index (κ2) is 12.3. The van der Waals surface area contributed by atoms with Crippen molar-refractivity contribution in [1.29, 1.82) is 0 Å². The second-order valence-electron chi connectivity index (χ2n) is 14.9. The normalized spacial score (nSPS) is 12.9. The highest BCUT2D eigenvalue weighted by atomic mass is 14.4. The van der Waals surface area contributed by atoms with Crippen LogP contribution in [0.4, 0.5) is 0 Å². The van der Waals surface area contributed by atoms with Gasteiger partial charge in [-0.3, -0.25) is 0 Å². The summed E-state index contributed by atoms with van der Waals surface area (Å²) in [5.41, 5.74) is 17.7. The molecule has 1 aliphatic rings. The quantitative estimate of drug-likeness (QED) is 0.159. The highest BCUT2D eigenvalue weighted by molar-refractivity contribution is 6.22. The lowest BCUT2D eigenvalue weighted by molar-refractivity contribution is 0.660. The van der Waals surface area contributed by atoms with Crippen molar-refractivity contribution < 1.29 is 0 Å². The molecule has 0 bridgehead atoms. The molecule has 0 unspecified atom stereocenters. The van der Waals surface area contributed by atoms with Crippen LogP contribution in [0.25, 0.3) is 88.3 Å². The van der Waals surface area contributed by atoms with E-state index in [0.29, 0.717) is 0 Å². The van der Waals surface area contributed by atoms with E-state index in [1.807, 2.05) is 0 Å². The summed E-state index contributed by atoms with van der Waals surface area (Å²) in [4.78, 5) is 0. The molecule has 0 N–H and O–H groups in total. The zero-order chi connectivity index (χ0) is 35.5. The maximum absolute atomic E-state index is 2.48. The zero-order valence-electron chi connectivity index (χ0n) is 30.0. The number of fused-ring (bicyclic) bond motifs is 5. The van der Waals surface area contributed by atoms with Gasteiger partial charge in [0.15, 0.2) is 0 Å². The van der Waals surface area contributed by atoms with Gasteiger partial charge in [-0.1, -0.05) is 178 Å². The van der Waals surface area contributed by atoms with E-state index in [0.717, 1.165) is 0 Å². The Morgan fingerprint density at radius 1 is 0.264 bits per heavy atom. The Kier molecular flexibility index (Phi) is 7.27. The van der Waals surface area contributed by atoms with Crippen LogP contribution < -0.4 is 0 Å². The number of hydrogen-bond acceptors (Lipinski definition) is 0. The van der Waals surface area contributed by atoms with Gasteiger partial charge < -0.3 is 0 Å². The molecule has 9 aromatic rings. The van der Waals surface area contributed by atoms with Gasteiger partial charge in [-0.15, -0.1) is 0 Å². The molecule has 53 heavy (non-hydrogen) atoms. The Hall–Kier alpha value is -6.50. The molecule has 0 saturated carbocycles. The smallest absolute Gasteiger partial charge is 0.0159 e. The van der Waals surface area contributed by atoms with Crippen LogP contribution in [-0.2, 0) is 5.41 Å². The van der Waals surface area contributed by atoms with Crippen LogP contribution in [-0.4, -0.2) is 0 Å². The van der Waals surface area contributed by atoms with Crippen molar-refractivity contribution in [2.45, 2.75) is 19.3 Å². The molecular weight excluding hydrogens is 637 g/mol. The van der Waals surface area contributed by atoms with Crippen molar-refractivity contribution in [2.75, 3.05) is 0 Å². The molecule has 0 saturated heterocycles. The van der Waals surface area contributed by atoms with Crippen LogP contribution in [0, 0.1) is 0 Å². The molecule has 250 valence electrons. The van der Waals surface area contributed by atoms with Crippen molar-refractivity contribution in [3.05, 3.63) is 205 Å². The maximum Gasteiger partial charge on any atom is 0.0159 e. The van der Waals surface area contributed by atoms with Gasteiger partial charge in [0.05, 0.1) is 0 Å². The van der Waals surface area contributed by atoms with Gasteiger partial charge in [-0.05, 0) is 130 Å². The Balaban J connectivity index is 1.30. The third-order valence-corrected chi connectivity index (χ3v) is 11.4. The summed E-state index contributed by atoms with van der Waals surface area (Å²) in [6, 6.07) is 71.8. The van der Waals surface area contributed by atoms with Gasteiger partial charge in [0.2, 0.25) is 0 Å². The van der Waals surface area contributed by atoms with E-state index in [1.54, 1.807) is 0 Å². The van der Waals surface area contributed by atoms with E-state index in [-0.39, 0.29) is 5.41 Å². The molecule has 10 rings (SSSR count). The maximum atomic E-state index is 2.48. The molecule has 0 nitrogen and oxygen atoms in total. The molecule has 0 spiro atoms. The van der Waals surface area contributed by atoms with E-state index in [2.05, 4.69) is 208 Å². The van der Waals surface area contributed by atoms with Gasteiger partial charge in [-0.2, -0.15) is 0 Å². The monoisotopic (exact) mass is 674 g/mol. The fourth-order valence-electron chi connectivity index (χ4n) is 8.84. The Labute approximate surface area is 311 Å². The number of rotatable bonds is 5. The minimum Gasteiger partial charge on any atom is -0.0622 e. The predicted octanol–water partition coefficient (Wildman–Crippen LogP) is 14.6. The van der Waals surface area contributed by atoms with Crippen LogP contribution in [0.5, 0.6) is 0 Å². The lowest BCUT2D eigenvalue weighted by Crippen LogP contribution is -2.14. The summed E-state index contributed by atoms with van der Waals surface area (Å²) in [7, 11) is 0. The van der Waals surface area contributed by atoms with E-state index in [4.69, 9.17) is 0 Å². The van der Waals surface area contributed by atoms with Crippen molar-refractivity contribution in [3.8, 4) is 66.8 Å². The molecule has 9 aromatic carbocycles. The molecular formula is C53H38. The van der Waals surface area contributed by atoms with E-state index in [9.17, 15) is 0 Å². The fourth-order valence-corrected chi connectivity index (χ4v) is 8.84. The van der Waals surface area contributed by atoms with E-state index in [1.165, 1.54) is 99.4 Å². The lowest BCUT2D eigenvalue weighted by Gasteiger charge is -2.23. The number of hydrogen-bond donors (Lipinski definition) is 0. The average Bonchev–Trinajstić information content (AvgIpc) is 3.45. The Morgan fingerprint density at radius 2 is 0.717 bits per heavy atom. The Morgan fingerprint density at radius 3 is 1.34 bits per heavy atom. The third-order valence-electron chi connectivity index (χ3n) is 11.4. The molecule has 0 aliphatic heterocycles. The van der Waals surface area contributed by atoms with Crippen LogP contribution in [0.15, 0.2) is 194 Å². The molecule has 1 aliphatic carbocycles. The molecule has 0 amide bonds. The summed E-state index contributed by atoms with van der Waals surface area (Å²) in [6.07, 6.45) is 0. The van der Waals surface area contributed by atoms with Gasteiger partial charge in [-0.25, -0.2) is 0 Å². The predicted molar refractivity (Wildman–Crippen MR) is 226 cm³/mol. The zero-order valence-corrected chi connectivity index (χ0v) is 30.0. The highest BCUT2D eigenvalue weighted by Gasteiger charge is 2.35. The average molecular weight is 675 g/mol. The van der Waals surface area contributed by atoms with Gasteiger partial charge in [0, 0.05) is 5.41 Å². The van der Waals surface area contributed by atoms with Crippen LogP contribution in [0.1, 0.15) is 25.0 Å². The molecule has 0 heterocycles. The second-order valence-corrected chi connectivity index (χ2v) is 14.9. The largest absolute Gasteiger partial charge is 0.0622 e. The molecule has 0 atom stereocenters. The summed E-state index contributed by atoms with van der Waals surface area (Å²) in [5, 5.41) is 5.04. The number of benzene rings is 9. The molecule has 0 radical (unpaired) electrons. The van der Waals surface area contributed by atoms with Crippen LogP contribution in [0.3, 0.4) is 0 Å². The Bertz CT molecular complexity index is 2770. The first-order valence-electron chi connectivity index (χ1n) is 18.6. The first kappa shape index (κ1) is 31.3. The van der Waals surface area contributed by atoms with Crippen molar-refractivity contribution in [3.63, 3.8) is 0 Å². The van der Waals surface area contributed by atoms with Crippen molar-refractivity contribution in [2.24, 2.45) is 0 Å².